The summed E-state index contributed by atoms with van der Waals surface area (Å²) < 4.78 is 5.59. The third kappa shape index (κ3) is 4.47. The van der Waals surface area contributed by atoms with E-state index in [1.165, 1.54) is 12.8 Å². The molecule has 0 bridgehead atoms. The van der Waals surface area contributed by atoms with Gasteiger partial charge in [-0.05, 0) is 44.0 Å². The first kappa shape index (κ1) is 17.2. The first-order chi connectivity index (χ1) is 12.3. The number of nitrogens with one attached hydrogen (secondary N) is 1. The minimum Gasteiger partial charge on any atom is -0.492 e. The molecule has 0 atom stereocenters. The number of anilines is 2. The standard InChI is InChI=1S/C19H24N4O2/c1-2-25-17-10-6-5-9-15(17)20-18-12-11-16(21-22-18)19(24)23-13-7-3-4-8-14-23/h5-6,9-12H,2-4,7-8,13-14H2,1H3,(H,20,22). The van der Waals surface area contributed by atoms with Gasteiger partial charge in [-0.15, -0.1) is 10.2 Å². The molecule has 2 aromatic rings. The predicted molar refractivity (Wildman–Crippen MR) is 97.3 cm³/mol. The number of benzene rings is 1. The van der Waals surface area contributed by atoms with E-state index >= 15 is 0 Å². The van der Waals surface area contributed by atoms with Crippen molar-refractivity contribution in [3.63, 3.8) is 0 Å². The topological polar surface area (TPSA) is 67.3 Å². The molecule has 1 aromatic carbocycles. The molecule has 1 fully saturated rings. The van der Waals surface area contributed by atoms with Gasteiger partial charge in [0.25, 0.3) is 5.91 Å². The second-order valence-corrected chi connectivity index (χ2v) is 6.06. The van der Waals surface area contributed by atoms with Crippen LogP contribution < -0.4 is 10.1 Å². The summed E-state index contributed by atoms with van der Waals surface area (Å²) in [6.45, 7) is 4.15. The number of para-hydroxylation sites is 2. The van der Waals surface area contributed by atoms with E-state index in [-0.39, 0.29) is 5.91 Å². The summed E-state index contributed by atoms with van der Waals surface area (Å²) in [6.07, 6.45) is 4.51. The van der Waals surface area contributed by atoms with Gasteiger partial charge in [0.1, 0.15) is 5.75 Å². The lowest BCUT2D eigenvalue weighted by Gasteiger charge is -2.19. The van der Waals surface area contributed by atoms with Crippen molar-refractivity contribution in [3.8, 4) is 5.75 Å². The van der Waals surface area contributed by atoms with Crippen LogP contribution >= 0.6 is 0 Å². The molecule has 132 valence electrons. The first-order valence-electron chi connectivity index (χ1n) is 8.90. The van der Waals surface area contributed by atoms with E-state index in [4.69, 9.17) is 4.74 Å². The van der Waals surface area contributed by atoms with E-state index in [1.54, 1.807) is 12.1 Å². The molecule has 1 saturated heterocycles. The number of ether oxygens (including phenoxy) is 1. The Morgan fingerprint density at radius 2 is 1.84 bits per heavy atom. The maximum atomic E-state index is 12.5. The van der Waals surface area contributed by atoms with Crippen molar-refractivity contribution in [2.75, 3.05) is 25.0 Å². The van der Waals surface area contributed by atoms with Gasteiger partial charge in [0.15, 0.2) is 11.5 Å². The quantitative estimate of drug-likeness (QED) is 0.900. The number of rotatable bonds is 5. The van der Waals surface area contributed by atoms with Crippen molar-refractivity contribution in [3.05, 3.63) is 42.1 Å². The van der Waals surface area contributed by atoms with E-state index in [0.717, 1.165) is 37.4 Å². The molecule has 2 heterocycles. The average molecular weight is 340 g/mol. The lowest BCUT2D eigenvalue weighted by Crippen LogP contribution is -2.32. The fraction of sp³-hybridized carbons (Fsp3) is 0.421. The Bertz CT molecular complexity index is 695. The molecule has 0 unspecified atom stereocenters. The predicted octanol–water partition coefficient (Wildman–Crippen LogP) is 3.64. The molecule has 0 saturated carbocycles. The third-order valence-electron chi connectivity index (χ3n) is 4.23. The van der Waals surface area contributed by atoms with Crippen LogP contribution in [0.1, 0.15) is 43.1 Å². The molecule has 1 aromatic heterocycles. The Morgan fingerprint density at radius 3 is 2.52 bits per heavy atom. The third-order valence-corrected chi connectivity index (χ3v) is 4.23. The lowest BCUT2D eigenvalue weighted by atomic mass is 10.2. The number of amides is 1. The zero-order valence-corrected chi connectivity index (χ0v) is 14.6. The molecule has 1 aliphatic heterocycles. The summed E-state index contributed by atoms with van der Waals surface area (Å²) in [5, 5.41) is 11.5. The van der Waals surface area contributed by atoms with Gasteiger partial charge in [0.05, 0.1) is 12.3 Å². The van der Waals surface area contributed by atoms with Gasteiger partial charge in [-0.3, -0.25) is 4.79 Å². The summed E-state index contributed by atoms with van der Waals surface area (Å²) in [5.74, 6) is 1.31. The molecular weight excluding hydrogens is 316 g/mol. The van der Waals surface area contributed by atoms with Crippen LogP contribution in [0.15, 0.2) is 36.4 Å². The molecule has 1 aliphatic rings. The van der Waals surface area contributed by atoms with Crippen LogP contribution in [-0.2, 0) is 0 Å². The summed E-state index contributed by atoms with van der Waals surface area (Å²) in [5.41, 5.74) is 1.22. The fourth-order valence-corrected chi connectivity index (χ4v) is 2.94. The molecule has 25 heavy (non-hydrogen) atoms. The van der Waals surface area contributed by atoms with E-state index < -0.39 is 0 Å². The van der Waals surface area contributed by atoms with Gasteiger partial charge in [-0.2, -0.15) is 0 Å². The van der Waals surface area contributed by atoms with E-state index in [9.17, 15) is 4.79 Å². The van der Waals surface area contributed by atoms with E-state index in [2.05, 4.69) is 15.5 Å². The maximum absolute atomic E-state index is 12.5. The second-order valence-electron chi connectivity index (χ2n) is 6.06. The van der Waals surface area contributed by atoms with Gasteiger partial charge in [0.2, 0.25) is 0 Å². The number of hydrogen-bond donors (Lipinski definition) is 1. The zero-order valence-electron chi connectivity index (χ0n) is 14.6. The van der Waals surface area contributed by atoms with Gasteiger partial charge in [0, 0.05) is 13.1 Å². The molecule has 1 amide bonds. The minimum atomic E-state index is -0.0318. The van der Waals surface area contributed by atoms with E-state index in [1.807, 2.05) is 36.1 Å². The van der Waals surface area contributed by atoms with Crippen molar-refractivity contribution in [2.45, 2.75) is 32.6 Å². The minimum absolute atomic E-state index is 0.0318. The molecule has 3 rings (SSSR count). The van der Waals surface area contributed by atoms with Crippen LogP contribution in [0.2, 0.25) is 0 Å². The van der Waals surface area contributed by atoms with Crippen LogP contribution in [0, 0.1) is 0 Å². The van der Waals surface area contributed by atoms with Crippen molar-refractivity contribution in [1.29, 1.82) is 0 Å². The Hall–Kier alpha value is -2.63. The number of carbonyl (C=O) groups excluding carboxylic acids is 1. The fourth-order valence-electron chi connectivity index (χ4n) is 2.94. The van der Waals surface area contributed by atoms with E-state index in [0.29, 0.717) is 18.1 Å². The van der Waals surface area contributed by atoms with Crippen molar-refractivity contribution >= 4 is 17.4 Å². The molecule has 0 radical (unpaired) electrons. The molecule has 6 heteroatoms. The number of carbonyl (C=O) groups is 1. The maximum Gasteiger partial charge on any atom is 0.274 e. The van der Waals surface area contributed by atoms with Gasteiger partial charge >= 0.3 is 0 Å². The smallest absolute Gasteiger partial charge is 0.274 e. The van der Waals surface area contributed by atoms with Crippen LogP contribution in [0.25, 0.3) is 0 Å². The Labute approximate surface area is 148 Å². The molecule has 0 aliphatic carbocycles. The molecular formula is C19H24N4O2. The van der Waals surface area contributed by atoms with Crippen molar-refractivity contribution < 1.29 is 9.53 Å². The summed E-state index contributed by atoms with van der Waals surface area (Å²) in [6, 6.07) is 11.2. The average Bonchev–Trinajstić information content (AvgIpc) is 2.93. The summed E-state index contributed by atoms with van der Waals surface area (Å²) in [4.78, 5) is 14.4. The first-order valence-corrected chi connectivity index (χ1v) is 8.90. The second kappa shape index (κ2) is 8.46. The molecule has 0 spiro atoms. The highest BCUT2D eigenvalue weighted by molar-refractivity contribution is 5.92. The largest absolute Gasteiger partial charge is 0.492 e. The number of nitrogens with zero attached hydrogens (tertiary/aromatic N) is 3. The Kier molecular flexibility index (Phi) is 5.82. The normalized spacial score (nSPS) is 14.7. The highest BCUT2D eigenvalue weighted by atomic mass is 16.5. The van der Waals surface area contributed by atoms with Crippen LogP contribution in [-0.4, -0.2) is 40.7 Å². The van der Waals surface area contributed by atoms with Crippen LogP contribution in [0.3, 0.4) is 0 Å². The summed E-state index contributed by atoms with van der Waals surface area (Å²) in [7, 11) is 0. The van der Waals surface area contributed by atoms with Gasteiger partial charge in [-0.1, -0.05) is 25.0 Å². The van der Waals surface area contributed by atoms with Crippen LogP contribution in [0.4, 0.5) is 11.5 Å². The van der Waals surface area contributed by atoms with Crippen molar-refractivity contribution in [1.82, 2.24) is 15.1 Å². The summed E-state index contributed by atoms with van der Waals surface area (Å²) >= 11 is 0. The Balaban J connectivity index is 1.69. The Morgan fingerprint density at radius 1 is 1.08 bits per heavy atom. The highest BCUT2D eigenvalue weighted by Crippen LogP contribution is 2.26. The zero-order chi connectivity index (χ0) is 17.5. The van der Waals surface area contributed by atoms with Gasteiger partial charge in [-0.25, -0.2) is 0 Å². The molecule has 6 nitrogen and oxygen atoms in total. The number of hydrogen-bond acceptors (Lipinski definition) is 5. The monoisotopic (exact) mass is 340 g/mol. The van der Waals surface area contributed by atoms with Crippen LogP contribution in [0.5, 0.6) is 5.75 Å². The number of aromatic nitrogens is 2. The van der Waals surface area contributed by atoms with Crippen molar-refractivity contribution in [2.24, 2.45) is 0 Å². The lowest BCUT2D eigenvalue weighted by molar-refractivity contribution is 0.0754. The van der Waals surface area contributed by atoms with Gasteiger partial charge < -0.3 is 15.0 Å². The highest BCUT2D eigenvalue weighted by Gasteiger charge is 2.18. The number of likely N-dealkylation sites (tertiary alicyclic amines) is 1. The SMILES string of the molecule is CCOc1ccccc1Nc1ccc(C(=O)N2CCCCCC2)nn1. The molecule has 1 N–H and O–H groups in total.